The van der Waals surface area contributed by atoms with Gasteiger partial charge >= 0.3 is 0 Å². The maximum absolute atomic E-state index is 12.8. The van der Waals surface area contributed by atoms with Crippen molar-refractivity contribution in [3.63, 3.8) is 0 Å². The van der Waals surface area contributed by atoms with Gasteiger partial charge < -0.3 is 10.6 Å². The Labute approximate surface area is 112 Å². The van der Waals surface area contributed by atoms with Gasteiger partial charge in [0.2, 0.25) is 11.8 Å². The zero-order chi connectivity index (χ0) is 13.5. The molecule has 2 aliphatic rings. The minimum absolute atomic E-state index is 0.0833. The predicted molar refractivity (Wildman–Crippen MR) is 71.3 cm³/mol. The van der Waals surface area contributed by atoms with E-state index < -0.39 is 6.04 Å². The number of carbonyl (C=O) groups excluding carboxylic acids is 2. The average Bonchev–Trinajstić information content (AvgIpc) is 3.08. The van der Waals surface area contributed by atoms with Crippen molar-refractivity contribution in [2.45, 2.75) is 37.1 Å². The minimum Gasteiger partial charge on any atom is -0.368 e. The summed E-state index contributed by atoms with van der Waals surface area (Å²) in [4.78, 5) is 25.9. The lowest BCUT2D eigenvalue weighted by Gasteiger charge is -2.27. The molecule has 1 heterocycles. The van der Waals surface area contributed by atoms with Gasteiger partial charge in [0.15, 0.2) is 0 Å². The molecular weight excluding hydrogens is 240 g/mol. The summed E-state index contributed by atoms with van der Waals surface area (Å²) in [5.74, 6) is -0.297. The molecule has 2 N–H and O–H groups in total. The Bertz CT molecular complexity index is 508. The summed E-state index contributed by atoms with van der Waals surface area (Å²) in [5.41, 5.74) is 6.07. The van der Waals surface area contributed by atoms with Crippen LogP contribution in [0.15, 0.2) is 30.3 Å². The van der Waals surface area contributed by atoms with E-state index in [-0.39, 0.29) is 17.2 Å². The number of hydrogen-bond donors (Lipinski definition) is 1. The van der Waals surface area contributed by atoms with Crippen LogP contribution in [0.4, 0.5) is 0 Å². The fourth-order valence-corrected chi connectivity index (χ4v) is 3.09. The number of amides is 2. The average molecular weight is 258 g/mol. The smallest absolute Gasteiger partial charge is 0.240 e. The summed E-state index contributed by atoms with van der Waals surface area (Å²) in [6, 6.07) is 9.46. The van der Waals surface area contributed by atoms with Gasteiger partial charge in [0.25, 0.3) is 0 Å². The van der Waals surface area contributed by atoms with E-state index in [1.807, 2.05) is 30.3 Å². The Morgan fingerprint density at radius 3 is 2.47 bits per heavy atom. The summed E-state index contributed by atoms with van der Waals surface area (Å²) in [6.07, 6.45) is 3.31. The molecule has 1 aromatic carbocycles. The monoisotopic (exact) mass is 258 g/mol. The van der Waals surface area contributed by atoms with Crippen molar-refractivity contribution < 1.29 is 9.59 Å². The molecule has 2 fully saturated rings. The number of carbonyl (C=O) groups is 2. The lowest BCUT2D eigenvalue weighted by molar-refractivity contribution is -0.139. The fourth-order valence-electron chi connectivity index (χ4n) is 3.09. The third-order valence-corrected chi connectivity index (χ3v) is 4.33. The SMILES string of the molecule is NC(=O)[C@@H]1CCCN1C(=O)C1(c2ccccc2)CC1. The molecule has 1 saturated heterocycles. The number of nitrogens with zero attached hydrogens (tertiary/aromatic N) is 1. The Morgan fingerprint density at radius 2 is 1.89 bits per heavy atom. The Morgan fingerprint density at radius 1 is 1.21 bits per heavy atom. The molecule has 0 spiro atoms. The quantitative estimate of drug-likeness (QED) is 0.885. The second-order valence-electron chi connectivity index (χ2n) is 5.51. The summed E-state index contributed by atoms with van der Waals surface area (Å²) >= 11 is 0. The van der Waals surface area contributed by atoms with Crippen LogP contribution in [0.3, 0.4) is 0 Å². The van der Waals surface area contributed by atoms with Crippen molar-refractivity contribution in [3.05, 3.63) is 35.9 Å². The van der Waals surface area contributed by atoms with Crippen molar-refractivity contribution in [1.82, 2.24) is 4.90 Å². The van der Waals surface area contributed by atoms with Crippen LogP contribution in [0.1, 0.15) is 31.2 Å². The largest absolute Gasteiger partial charge is 0.368 e. The fraction of sp³-hybridized carbons (Fsp3) is 0.467. The molecule has 0 unspecified atom stereocenters. The number of rotatable bonds is 3. The molecule has 1 atom stereocenters. The molecule has 1 saturated carbocycles. The molecule has 4 nitrogen and oxygen atoms in total. The van der Waals surface area contributed by atoms with E-state index in [2.05, 4.69) is 0 Å². The van der Waals surface area contributed by atoms with E-state index in [9.17, 15) is 9.59 Å². The van der Waals surface area contributed by atoms with Crippen LogP contribution < -0.4 is 5.73 Å². The number of primary amides is 1. The summed E-state index contributed by atoms with van der Waals surface area (Å²) in [7, 11) is 0. The van der Waals surface area contributed by atoms with E-state index in [0.29, 0.717) is 13.0 Å². The number of hydrogen-bond acceptors (Lipinski definition) is 2. The molecule has 4 heteroatoms. The van der Waals surface area contributed by atoms with Crippen LogP contribution in [0, 0.1) is 0 Å². The van der Waals surface area contributed by atoms with E-state index in [1.54, 1.807) is 4.90 Å². The second-order valence-corrected chi connectivity index (χ2v) is 5.51. The predicted octanol–water partition coefficient (Wildman–Crippen LogP) is 1.19. The minimum atomic E-state index is -0.409. The van der Waals surface area contributed by atoms with Crippen LogP contribution in [0.25, 0.3) is 0 Å². The molecule has 19 heavy (non-hydrogen) atoms. The molecule has 3 rings (SSSR count). The highest BCUT2D eigenvalue weighted by Gasteiger charge is 2.54. The molecule has 1 aromatic rings. The van der Waals surface area contributed by atoms with Gasteiger partial charge in [-0.1, -0.05) is 30.3 Å². The van der Waals surface area contributed by atoms with Crippen LogP contribution in [0.5, 0.6) is 0 Å². The van der Waals surface area contributed by atoms with Gasteiger partial charge in [0.05, 0.1) is 5.41 Å². The first-order valence-corrected chi connectivity index (χ1v) is 6.81. The highest BCUT2D eigenvalue weighted by Crippen LogP contribution is 2.50. The highest BCUT2D eigenvalue weighted by atomic mass is 16.2. The van der Waals surface area contributed by atoms with Gasteiger partial charge in [0, 0.05) is 6.54 Å². The first-order valence-electron chi connectivity index (χ1n) is 6.81. The van der Waals surface area contributed by atoms with Gasteiger partial charge in [-0.05, 0) is 31.2 Å². The molecule has 0 radical (unpaired) electrons. The van der Waals surface area contributed by atoms with Gasteiger partial charge in [-0.25, -0.2) is 0 Å². The topological polar surface area (TPSA) is 63.4 Å². The second kappa shape index (κ2) is 4.37. The maximum atomic E-state index is 12.8. The third-order valence-electron chi connectivity index (χ3n) is 4.33. The van der Waals surface area contributed by atoms with Gasteiger partial charge in [-0.3, -0.25) is 9.59 Å². The van der Waals surface area contributed by atoms with Crippen molar-refractivity contribution in [3.8, 4) is 0 Å². The van der Waals surface area contributed by atoms with Crippen LogP contribution in [-0.4, -0.2) is 29.3 Å². The Kier molecular flexibility index (Phi) is 2.81. The van der Waals surface area contributed by atoms with Crippen molar-refractivity contribution >= 4 is 11.8 Å². The molecule has 1 aliphatic heterocycles. The summed E-state index contributed by atoms with van der Waals surface area (Å²) < 4.78 is 0. The Balaban J connectivity index is 1.86. The molecule has 100 valence electrons. The number of likely N-dealkylation sites (tertiary alicyclic amines) is 1. The maximum Gasteiger partial charge on any atom is 0.240 e. The lowest BCUT2D eigenvalue weighted by atomic mass is 9.94. The van der Waals surface area contributed by atoms with Gasteiger partial charge in [-0.15, -0.1) is 0 Å². The molecular formula is C15H18N2O2. The lowest BCUT2D eigenvalue weighted by Crippen LogP contribution is -2.47. The van der Waals surface area contributed by atoms with Crippen LogP contribution in [0.2, 0.25) is 0 Å². The number of benzene rings is 1. The first-order chi connectivity index (χ1) is 9.15. The van der Waals surface area contributed by atoms with Crippen molar-refractivity contribution in [2.75, 3.05) is 6.54 Å². The zero-order valence-corrected chi connectivity index (χ0v) is 10.8. The van der Waals surface area contributed by atoms with Gasteiger partial charge in [-0.2, -0.15) is 0 Å². The first kappa shape index (κ1) is 12.2. The van der Waals surface area contributed by atoms with E-state index in [1.165, 1.54) is 0 Å². The normalized spacial score (nSPS) is 24.2. The number of nitrogens with two attached hydrogens (primary N) is 1. The zero-order valence-electron chi connectivity index (χ0n) is 10.8. The third kappa shape index (κ3) is 1.91. The van der Waals surface area contributed by atoms with Gasteiger partial charge in [0.1, 0.15) is 6.04 Å². The molecule has 2 amide bonds. The summed E-state index contributed by atoms with van der Waals surface area (Å²) in [5, 5.41) is 0. The molecule has 0 aromatic heterocycles. The van der Waals surface area contributed by atoms with E-state index >= 15 is 0 Å². The Hall–Kier alpha value is -1.84. The van der Waals surface area contributed by atoms with E-state index in [4.69, 9.17) is 5.73 Å². The molecule has 1 aliphatic carbocycles. The van der Waals surface area contributed by atoms with Crippen molar-refractivity contribution in [1.29, 1.82) is 0 Å². The standard InChI is InChI=1S/C15H18N2O2/c16-13(18)12-7-4-10-17(12)14(19)15(8-9-15)11-5-2-1-3-6-11/h1-3,5-6,12H,4,7-10H2,(H2,16,18)/t12-/m0/s1. The highest BCUT2D eigenvalue weighted by molar-refractivity contribution is 5.95. The van der Waals surface area contributed by atoms with Crippen molar-refractivity contribution in [2.24, 2.45) is 5.73 Å². The molecule has 0 bridgehead atoms. The van der Waals surface area contributed by atoms with Crippen LogP contribution >= 0.6 is 0 Å². The summed E-state index contributed by atoms with van der Waals surface area (Å²) in [6.45, 7) is 0.654. The van der Waals surface area contributed by atoms with Crippen LogP contribution in [-0.2, 0) is 15.0 Å². The van der Waals surface area contributed by atoms with E-state index in [0.717, 1.165) is 24.8 Å².